The van der Waals surface area contributed by atoms with Crippen molar-refractivity contribution in [3.63, 3.8) is 0 Å². The summed E-state index contributed by atoms with van der Waals surface area (Å²) < 4.78 is 0. The number of hydrogen-bond acceptors (Lipinski definition) is 2. The Morgan fingerprint density at radius 2 is 2.27 bits per heavy atom. The fourth-order valence-corrected chi connectivity index (χ4v) is 1.27. The quantitative estimate of drug-likeness (QED) is 0.602. The summed E-state index contributed by atoms with van der Waals surface area (Å²) in [6, 6.07) is 5.45. The van der Waals surface area contributed by atoms with Gasteiger partial charge in [0.15, 0.2) is 5.78 Å². The molecule has 2 heteroatoms. The van der Waals surface area contributed by atoms with E-state index in [1.54, 1.807) is 18.2 Å². The van der Waals surface area contributed by atoms with Crippen molar-refractivity contribution >= 4 is 11.9 Å². The molecule has 1 N–H and O–H groups in total. The predicted molar refractivity (Wildman–Crippen MR) is 61.7 cm³/mol. The number of aromatic hydroxyl groups is 1. The van der Waals surface area contributed by atoms with Crippen LogP contribution in [-0.4, -0.2) is 10.9 Å². The van der Waals surface area contributed by atoms with E-state index >= 15 is 0 Å². The number of benzene rings is 1. The molecule has 2 nitrogen and oxygen atoms in total. The molecule has 0 aliphatic heterocycles. The minimum atomic E-state index is -0.0384. The first-order chi connectivity index (χ1) is 7.15. The van der Waals surface area contributed by atoms with Crippen LogP contribution >= 0.6 is 0 Å². The van der Waals surface area contributed by atoms with Crippen molar-refractivity contribution in [2.24, 2.45) is 0 Å². The number of ketones is 1. The maximum absolute atomic E-state index is 10.8. The van der Waals surface area contributed by atoms with Crippen LogP contribution in [0.25, 0.3) is 6.08 Å². The smallest absolute Gasteiger partial charge is 0.152 e. The molecule has 0 atom stereocenters. The lowest BCUT2D eigenvalue weighted by Crippen LogP contribution is -1.86. The Hall–Kier alpha value is -1.83. The Balaban J connectivity index is 3.03. The summed E-state index contributed by atoms with van der Waals surface area (Å²) in [5.74, 6) is 0.179. The molecule has 0 heterocycles. The molecular weight excluding hydrogens is 188 g/mol. The van der Waals surface area contributed by atoms with Crippen LogP contribution in [0.4, 0.5) is 0 Å². The van der Waals surface area contributed by atoms with E-state index in [1.807, 2.05) is 12.1 Å². The van der Waals surface area contributed by atoms with Crippen molar-refractivity contribution in [3.8, 4) is 5.75 Å². The molecule has 0 aliphatic carbocycles. The highest BCUT2D eigenvalue weighted by atomic mass is 16.3. The molecule has 0 saturated heterocycles. The van der Waals surface area contributed by atoms with Gasteiger partial charge in [-0.25, -0.2) is 0 Å². The van der Waals surface area contributed by atoms with Crippen molar-refractivity contribution in [1.29, 1.82) is 0 Å². The number of allylic oxidation sites excluding steroid dienone is 2. The molecule has 0 spiro atoms. The van der Waals surface area contributed by atoms with Crippen molar-refractivity contribution < 1.29 is 9.90 Å². The minimum absolute atomic E-state index is 0.0384. The van der Waals surface area contributed by atoms with E-state index in [2.05, 4.69) is 6.58 Å². The van der Waals surface area contributed by atoms with Crippen molar-refractivity contribution in [2.75, 3.05) is 0 Å². The van der Waals surface area contributed by atoms with Gasteiger partial charge in [-0.1, -0.05) is 24.3 Å². The van der Waals surface area contributed by atoms with Gasteiger partial charge >= 0.3 is 0 Å². The lowest BCUT2D eigenvalue weighted by molar-refractivity contribution is -0.112. The summed E-state index contributed by atoms with van der Waals surface area (Å²) in [6.07, 6.45) is 5.40. The number of phenolic OH excluding ortho intramolecular Hbond substituents is 1. The van der Waals surface area contributed by atoms with E-state index in [9.17, 15) is 9.90 Å². The standard InChI is InChI=1S/C13H14O2/c1-3-5-11-6-4-7-12(13(11)15)9-8-10(2)14/h3-4,6-9,15H,1,5H2,2H3/b9-8+. The highest BCUT2D eigenvalue weighted by Crippen LogP contribution is 2.24. The number of para-hydroxylation sites is 1. The lowest BCUT2D eigenvalue weighted by atomic mass is 10.1. The third-order valence-electron chi connectivity index (χ3n) is 2.01. The van der Waals surface area contributed by atoms with Crippen molar-refractivity contribution in [1.82, 2.24) is 0 Å². The predicted octanol–water partition coefficient (Wildman–Crippen LogP) is 2.72. The van der Waals surface area contributed by atoms with Crippen LogP contribution in [-0.2, 0) is 11.2 Å². The normalized spacial score (nSPS) is 10.5. The Bertz CT molecular complexity index is 403. The largest absolute Gasteiger partial charge is 0.507 e. The fourth-order valence-electron chi connectivity index (χ4n) is 1.27. The Kier molecular flexibility index (Phi) is 3.86. The summed E-state index contributed by atoms with van der Waals surface area (Å²) in [5.41, 5.74) is 1.47. The van der Waals surface area contributed by atoms with Crippen LogP contribution in [0.15, 0.2) is 36.9 Å². The third-order valence-corrected chi connectivity index (χ3v) is 2.01. The number of rotatable bonds is 4. The lowest BCUT2D eigenvalue weighted by Gasteiger charge is -2.04. The zero-order valence-corrected chi connectivity index (χ0v) is 8.73. The van der Waals surface area contributed by atoms with Crippen LogP contribution in [0, 0.1) is 0 Å². The molecule has 0 bridgehead atoms. The van der Waals surface area contributed by atoms with Gasteiger partial charge in [0.05, 0.1) is 0 Å². The molecular formula is C13H14O2. The summed E-state index contributed by atoms with van der Waals surface area (Å²) in [6.45, 7) is 5.09. The molecule has 1 aromatic rings. The monoisotopic (exact) mass is 202 g/mol. The average Bonchev–Trinajstić information content (AvgIpc) is 2.19. The summed E-state index contributed by atoms with van der Waals surface area (Å²) in [7, 11) is 0. The Labute approximate surface area is 89.6 Å². The van der Waals surface area contributed by atoms with Crippen LogP contribution < -0.4 is 0 Å². The maximum Gasteiger partial charge on any atom is 0.152 e. The summed E-state index contributed by atoms with van der Waals surface area (Å²) >= 11 is 0. The van der Waals surface area contributed by atoms with Gasteiger partial charge in [0.2, 0.25) is 0 Å². The molecule has 0 aliphatic rings. The van der Waals surface area contributed by atoms with E-state index in [0.717, 1.165) is 5.56 Å². The molecule has 0 unspecified atom stereocenters. The average molecular weight is 202 g/mol. The van der Waals surface area contributed by atoms with Crippen LogP contribution in [0.1, 0.15) is 18.1 Å². The second-order valence-electron chi connectivity index (χ2n) is 3.29. The fraction of sp³-hybridized carbons (Fsp3) is 0.154. The van der Waals surface area contributed by atoms with E-state index in [1.165, 1.54) is 13.0 Å². The molecule has 0 aromatic heterocycles. The number of phenols is 1. The van der Waals surface area contributed by atoms with Gasteiger partial charge < -0.3 is 5.11 Å². The van der Waals surface area contributed by atoms with E-state index < -0.39 is 0 Å². The number of carbonyl (C=O) groups is 1. The zero-order valence-electron chi connectivity index (χ0n) is 8.73. The zero-order chi connectivity index (χ0) is 11.3. The van der Waals surface area contributed by atoms with Gasteiger partial charge in [-0.05, 0) is 31.1 Å². The van der Waals surface area contributed by atoms with E-state index in [4.69, 9.17) is 0 Å². The second-order valence-corrected chi connectivity index (χ2v) is 3.29. The van der Waals surface area contributed by atoms with Crippen molar-refractivity contribution in [3.05, 3.63) is 48.1 Å². The molecule has 0 saturated carbocycles. The van der Waals surface area contributed by atoms with Gasteiger partial charge in [0, 0.05) is 5.56 Å². The number of hydrogen-bond donors (Lipinski definition) is 1. The second kappa shape index (κ2) is 5.15. The molecule has 0 fully saturated rings. The molecule has 0 radical (unpaired) electrons. The Morgan fingerprint density at radius 3 is 2.87 bits per heavy atom. The van der Waals surface area contributed by atoms with E-state index in [0.29, 0.717) is 12.0 Å². The first-order valence-electron chi connectivity index (χ1n) is 4.75. The molecule has 0 amide bonds. The first-order valence-corrected chi connectivity index (χ1v) is 4.75. The molecule has 78 valence electrons. The Morgan fingerprint density at radius 1 is 1.53 bits per heavy atom. The highest BCUT2D eigenvalue weighted by molar-refractivity contribution is 5.91. The summed E-state index contributed by atoms with van der Waals surface area (Å²) in [4.78, 5) is 10.8. The van der Waals surface area contributed by atoms with Crippen LogP contribution in [0.3, 0.4) is 0 Å². The van der Waals surface area contributed by atoms with Crippen LogP contribution in [0.5, 0.6) is 5.75 Å². The SMILES string of the molecule is C=CCc1cccc(/C=C/C(C)=O)c1O. The van der Waals surface area contributed by atoms with Crippen LogP contribution in [0.2, 0.25) is 0 Å². The van der Waals surface area contributed by atoms with Crippen molar-refractivity contribution in [2.45, 2.75) is 13.3 Å². The van der Waals surface area contributed by atoms with Gasteiger partial charge in [-0.2, -0.15) is 0 Å². The first kappa shape index (κ1) is 11.2. The maximum atomic E-state index is 10.8. The van der Waals surface area contributed by atoms with Gasteiger partial charge in [-0.15, -0.1) is 6.58 Å². The molecule has 15 heavy (non-hydrogen) atoms. The summed E-state index contributed by atoms with van der Waals surface area (Å²) in [5, 5.41) is 9.82. The van der Waals surface area contributed by atoms with Gasteiger partial charge in [-0.3, -0.25) is 4.79 Å². The molecule has 1 aromatic carbocycles. The van der Waals surface area contributed by atoms with Gasteiger partial charge in [0.1, 0.15) is 5.75 Å². The third kappa shape index (κ3) is 3.09. The number of carbonyl (C=O) groups excluding carboxylic acids is 1. The van der Waals surface area contributed by atoms with E-state index in [-0.39, 0.29) is 11.5 Å². The topological polar surface area (TPSA) is 37.3 Å². The molecule has 1 rings (SSSR count). The highest BCUT2D eigenvalue weighted by Gasteiger charge is 2.02. The minimum Gasteiger partial charge on any atom is -0.507 e. The van der Waals surface area contributed by atoms with Gasteiger partial charge in [0.25, 0.3) is 0 Å².